The molecule has 0 N–H and O–H groups in total. The van der Waals surface area contributed by atoms with Gasteiger partial charge in [0.15, 0.2) is 5.76 Å². The van der Waals surface area contributed by atoms with Gasteiger partial charge in [0, 0.05) is 24.4 Å². The first-order chi connectivity index (χ1) is 15.0. The first kappa shape index (κ1) is 20.8. The van der Waals surface area contributed by atoms with Crippen LogP contribution in [0.4, 0.5) is 0 Å². The van der Waals surface area contributed by atoms with E-state index < -0.39 is 0 Å². The lowest BCUT2D eigenvalue weighted by atomic mass is 10.0. The maximum absolute atomic E-state index is 13.4. The van der Waals surface area contributed by atoms with E-state index in [1.807, 2.05) is 43.0 Å². The van der Waals surface area contributed by atoms with Crippen LogP contribution in [0.1, 0.15) is 41.7 Å². The highest BCUT2D eigenvalue weighted by molar-refractivity contribution is 5.81. The van der Waals surface area contributed by atoms with E-state index in [4.69, 9.17) is 19.0 Å². The SMILES string of the molecule is COc1ccc(OC)c(CC(=O)N2CCC[C@H]2c2nc(C)ncc2-c2cc(C)no2)c1. The van der Waals surface area contributed by atoms with Crippen molar-refractivity contribution in [1.29, 1.82) is 0 Å². The van der Waals surface area contributed by atoms with Gasteiger partial charge in [-0.25, -0.2) is 9.97 Å². The highest BCUT2D eigenvalue weighted by atomic mass is 16.5. The van der Waals surface area contributed by atoms with Gasteiger partial charge in [-0.15, -0.1) is 0 Å². The number of aromatic nitrogens is 3. The molecular weight excluding hydrogens is 396 g/mol. The van der Waals surface area contributed by atoms with Gasteiger partial charge in [-0.1, -0.05) is 5.16 Å². The Morgan fingerprint density at radius 2 is 2.06 bits per heavy atom. The molecule has 0 saturated carbocycles. The molecule has 3 heterocycles. The van der Waals surface area contributed by atoms with Crippen molar-refractivity contribution in [1.82, 2.24) is 20.0 Å². The van der Waals surface area contributed by atoms with Crippen LogP contribution in [0.25, 0.3) is 11.3 Å². The molecule has 31 heavy (non-hydrogen) atoms. The van der Waals surface area contributed by atoms with Crippen molar-refractivity contribution in [3.8, 4) is 22.8 Å². The third kappa shape index (κ3) is 4.23. The van der Waals surface area contributed by atoms with E-state index >= 15 is 0 Å². The zero-order valence-electron chi connectivity index (χ0n) is 18.2. The van der Waals surface area contributed by atoms with Crippen LogP contribution in [0, 0.1) is 13.8 Å². The number of hydrogen-bond acceptors (Lipinski definition) is 7. The minimum atomic E-state index is -0.147. The Hall–Kier alpha value is -3.42. The number of likely N-dealkylation sites (tertiary alicyclic amines) is 1. The van der Waals surface area contributed by atoms with Crippen molar-refractivity contribution in [2.24, 2.45) is 0 Å². The van der Waals surface area contributed by atoms with E-state index in [1.165, 1.54) is 0 Å². The number of carbonyl (C=O) groups excluding carboxylic acids is 1. The van der Waals surface area contributed by atoms with Crippen LogP contribution in [-0.4, -0.2) is 46.7 Å². The van der Waals surface area contributed by atoms with Gasteiger partial charge >= 0.3 is 0 Å². The molecule has 0 radical (unpaired) electrons. The van der Waals surface area contributed by atoms with Crippen molar-refractivity contribution >= 4 is 5.91 Å². The van der Waals surface area contributed by atoms with E-state index in [9.17, 15) is 4.79 Å². The lowest BCUT2D eigenvalue weighted by molar-refractivity contribution is -0.131. The Labute approximate surface area is 181 Å². The van der Waals surface area contributed by atoms with E-state index in [2.05, 4.69) is 10.1 Å². The number of benzene rings is 1. The van der Waals surface area contributed by atoms with Gasteiger partial charge in [0.25, 0.3) is 0 Å². The first-order valence-corrected chi connectivity index (χ1v) is 10.3. The second-order valence-electron chi connectivity index (χ2n) is 7.65. The first-order valence-electron chi connectivity index (χ1n) is 10.3. The van der Waals surface area contributed by atoms with Crippen LogP contribution in [0.3, 0.4) is 0 Å². The van der Waals surface area contributed by atoms with Crippen LogP contribution in [-0.2, 0) is 11.2 Å². The summed E-state index contributed by atoms with van der Waals surface area (Å²) in [6, 6.07) is 7.20. The van der Waals surface area contributed by atoms with Crippen LogP contribution >= 0.6 is 0 Å². The maximum atomic E-state index is 13.4. The summed E-state index contributed by atoms with van der Waals surface area (Å²) in [5.41, 5.74) is 3.15. The average Bonchev–Trinajstić information content (AvgIpc) is 3.43. The summed E-state index contributed by atoms with van der Waals surface area (Å²) in [4.78, 5) is 24.3. The second kappa shape index (κ2) is 8.75. The van der Waals surface area contributed by atoms with Crippen LogP contribution in [0.5, 0.6) is 11.5 Å². The van der Waals surface area contributed by atoms with Crippen molar-refractivity contribution in [2.45, 2.75) is 39.2 Å². The van der Waals surface area contributed by atoms with Gasteiger partial charge in [0.1, 0.15) is 17.3 Å². The lowest BCUT2D eigenvalue weighted by Crippen LogP contribution is -2.32. The van der Waals surface area contributed by atoms with Crippen molar-refractivity contribution < 1.29 is 18.8 Å². The predicted octanol–water partition coefficient (Wildman–Crippen LogP) is 3.67. The molecule has 162 valence electrons. The molecular formula is C23H26N4O4. The average molecular weight is 422 g/mol. The maximum Gasteiger partial charge on any atom is 0.227 e. The number of amides is 1. The molecule has 8 nitrogen and oxygen atoms in total. The fourth-order valence-corrected chi connectivity index (χ4v) is 4.06. The Kier molecular flexibility index (Phi) is 5.88. The molecule has 1 fully saturated rings. The van der Waals surface area contributed by atoms with Crippen molar-refractivity contribution in [3.05, 3.63) is 53.2 Å². The predicted molar refractivity (Wildman–Crippen MR) is 114 cm³/mol. The Morgan fingerprint density at radius 1 is 1.23 bits per heavy atom. The topological polar surface area (TPSA) is 90.6 Å². The van der Waals surface area contributed by atoms with E-state index in [0.29, 0.717) is 29.6 Å². The molecule has 1 saturated heterocycles. The molecule has 2 aromatic heterocycles. The zero-order valence-corrected chi connectivity index (χ0v) is 18.2. The fraction of sp³-hybridized carbons (Fsp3) is 0.391. The monoisotopic (exact) mass is 422 g/mol. The summed E-state index contributed by atoms with van der Waals surface area (Å²) in [6.07, 6.45) is 3.71. The van der Waals surface area contributed by atoms with Gasteiger partial charge in [-0.3, -0.25) is 4.79 Å². The lowest BCUT2D eigenvalue weighted by Gasteiger charge is -2.26. The van der Waals surface area contributed by atoms with E-state index in [0.717, 1.165) is 35.4 Å². The molecule has 0 aliphatic carbocycles. The Balaban J connectivity index is 1.65. The highest BCUT2D eigenvalue weighted by Gasteiger charge is 2.34. The highest BCUT2D eigenvalue weighted by Crippen LogP contribution is 2.37. The van der Waals surface area contributed by atoms with Gasteiger partial charge in [-0.2, -0.15) is 0 Å². The number of nitrogens with zero attached hydrogens (tertiary/aromatic N) is 4. The molecule has 8 heteroatoms. The molecule has 1 amide bonds. The molecule has 1 aliphatic rings. The summed E-state index contributed by atoms with van der Waals surface area (Å²) in [5.74, 6) is 2.65. The Bertz CT molecular complexity index is 1090. The quantitative estimate of drug-likeness (QED) is 0.598. The summed E-state index contributed by atoms with van der Waals surface area (Å²) < 4.78 is 16.2. The number of aryl methyl sites for hydroxylation is 2. The van der Waals surface area contributed by atoms with Crippen LogP contribution in [0.15, 0.2) is 35.0 Å². The van der Waals surface area contributed by atoms with Gasteiger partial charge < -0.3 is 18.9 Å². The second-order valence-corrected chi connectivity index (χ2v) is 7.65. The van der Waals surface area contributed by atoms with Gasteiger partial charge in [-0.05, 0) is 44.9 Å². The molecule has 3 aromatic rings. The number of hydrogen-bond donors (Lipinski definition) is 0. The van der Waals surface area contributed by atoms with Crippen LogP contribution in [0.2, 0.25) is 0 Å². The normalized spacial score (nSPS) is 15.9. The Morgan fingerprint density at radius 3 is 2.77 bits per heavy atom. The fourth-order valence-electron chi connectivity index (χ4n) is 4.06. The molecule has 1 aromatic carbocycles. The standard InChI is InChI=1S/C23H26N4O4/c1-14-10-21(31-26-14)18-13-24-15(2)25-23(18)19-6-5-9-27(19)22(28)12-16-11-17(29-3)7-8-20(16)30-4/h7-8,10-11,13,19H,5-6,9,12H2,1-4H3/t19-/m0/s1. The summed E-state index contributed by atoms with van der Waals surface area (Å²) >= 11 is 0. The number of rotatable bonds is 6. The number of carbonyl (C=O) groups is 1. The van der Waals surface area contributed by atoms with Crippen LogP contribution < -0.4 is 9.47 Å². The van der Waals surface area contributed by atoms with E-state index in [-0.39, 0.29) is 18.4 Å². The van der Waals surface area contributed by atoms with Gasteiger partial charge in [0.05, 0.1) is 43.6 Å². The molecule has 0 spiro atoms. The van der Waals surface area contributed by atoms with E-state index in [1.54, 1.807) is 20.4 Å². The largest absolute Gasteiger partial charge is 0.497 e. The molecule has 1 atom stereocenters. The summed E-state index contributed by atoms with van der Waals surface area (Å²) in [5, 5.41) is 3.99. The number of ether oxygens (including phenoxy) is 2. The summed E-state index contributed by atoms with van der Waals surface area (Å²) in [6.45, 7) is 4.39. The summed E-state index contributed by atoms with van der Waals surface area (Å²) in [7, 11) is 3.21. The number of methoxy groups -OCH3 is 2. The van der Waals surface area contributed by atoms with Crippen molar-refractivity contribution in [3.63, 3.8) is 0 Å². The van der Waals surface area contributed by atoms with Crippen molar-refractivity contribution in [2.75, 3.05) is 20.8 Å². The smallest absolute Gasteiger partial charge is 0.227 e. The molecule has 1 aliphatic heterocycles. The minimum Gasteiger partial charge on any atom is -0.497 e. The third-order valence-electron chi connectivity index (χ3n) is 5.55. The minimum absolute atomic E-state index is 0.0185. The third-order valence-corrected chi connectivity index (χ3v) is 5.55. The molecule has 4 rings (SSSR count). The zero-order chi connectivity index (χ0) is 22.0. The van der Waals surface area contributed by atoms with Gasteiger partial charge in [0.2, 0.25) is 5.91 Å². The molecule has 0 bridgehead atoms. The molecule has 0 unspecified atom stereocenters.